The normalized spacial score (nSPS) is 11.5. The maximum absolute atomic E-state index is 5.19. The molecule has 0 N–H and O–H groups in total. The molecule has 1 atom stereocenters. The summed E-state index contributed by atoms with van der Waals surface area (Å²) in [5, 5.41) is 0. The third kappa shape index (κ3) is 3.62. The first-order valence-electron chi connectivity index (χ1n) is 5.79. The molecule has 1 unspecified atom stereocenters. The Labute approximate surface area is 98.8 Å². The van der Waals surface area contributed by atoms with E-state index >= 15 is 0 Å². The van der Waals surface area contributed by atoms with Gasteiger partial charge in [-0.3, -0.25) is 0 Å². The van der Waals surface area contributed by atoms with Crippen LogP contribution in [0.3, 0.4) is 0 Å². The summed E-state index contributed by atoms with van der Waals surface area (Å²) in [5.74, 6) is 7.74. The Bertz CT molecular complexity index is 396. The second-order valence-corrected chi connectivity index (χ2v) is 4.07. The molecular weight excluding hydrogens is 196 g/mol. The van der Waals surface area contributed by atoms with Crippen LogP contribution in [0.4, 0.5) is 0 Å². The van der Waals surface area contributed by atoms with Crippen LogP contribution < -0.4 is 4.74 Å². The number of hydrogen-bond acceptors (Lipinski definition) is 1. The summed E-state index contributed by atoms with van der Waals surface area (Å²) in [5.41, 5.74) is 2.64. The zero-order valence-electron chi connectivity index (χ0n) is 10.6. The fourth-order valence-corrected chi connectivity index (χ4v) is 1.68. The Hall–Kier alpha value is -1.42. The molecule has 0 bridgehead atoms. The van der Waals surface area contributed by atoms with Gasteiger partial charge in [-0.25, -0.2) is 0 Å². The van der Waals surface area contributed by atoms with Crippen molar-refractivity contribution in [2.24, 2.45) is 5.92 Å². The van der Waals surface area contributed by atoms with Gasteiger partial charge in [0.25, 0.3) is 0 Å². The van der Waals surface area contributed by atoms with Crippen molar-refractivity contribution in [3.05, 3.63) is 29.3 Å². The van der Waals surface area contributed by atoms with Gasteiger partial charge in [0.15, 0.2) is 0 Å². The predicted octanol–water partition coefficient (Wildman–Crippen LogP) is 3.60. The van der Waals surface area contributed by atoms with Gasteiger partial charge in [0.05, 0.1) is 7.11 Å². The van der Waals surface area contributed by atoms with E-state index in [2.05, 4.69) is 44.7 Å². The summed E-state index contributed by atoms with van der Waals surface area (Å²) >= 11 is 0. The molecule has 1 heteroatoms. The van der Waals surface area contributed by atoms with Gasteiger partial charge in [-0.2, -0.15) is 0 Å². The molecule has 0 spiro atoms. The zero-order chi connectivity index (χ0) is 12.0. The highest BCUT2D eigenvalue weighted by molar-refractivity contribution is 5.35. The average Bonchev–Trinajstić information content (AvgIpc) is 2.29. The minimum absolute atomic E-state index is 0.423. The monoisotopic (exact) mass is 216 g/mol. The molecule has 1 nitrogen and oxygen atoms in total. The second kappa shape index (κ2) is 6.23. The molecule has 1 aromatic carbocycles. The molecule has 0 aliphatic heterocycles. The van der Waals surface area contributed by atoms with Crippen molar-refractivity contribution in [2.75, 3.05) is 7.11 Å². The minimum Gasteiger partial charge on any atom is -0.497 e. The smallest absolute Gasteiger partial charge is 0.119 e. The highest BCUT2D eigenvalue weighted by atomic mass is 16.5. The van der Waals surface area contributed by atoms with Gasteiger partial charge in [-0.15, -0.1) is 5.92 Å². The zero-order valence-corrected chi connectivity index (χ0v) is 10.6. The van der Waals surface area contributed by atoms with Crippen molar-refractivity contribution in [3.8, 4) is 17.6 Å². The van der Waals surface area contributed by atoms with Crippen LogP contribution in [-0.2, 0) is 6.42 Å². The molecule has 0 saturated carbocycles. The third-order valence-corrected chi connectivity index (χ3v) is 2.60. The van der Waals surface area contributed by atoms with Crippen LogP contribution in [0.2, 0.25) is 0 Å². The molecule has 0 aromatic heterocycles. The maximum Gasteiger partial charge on any atom is 0.119 e. The van der Waals surface area contributed by atoms with Gasteiger partial charge in [0, 0.05) is 12.3 Å². The van der Waals surface area contributed by atoms with E-state index in [-0.39, 0.29) is 0 Å². The highest BCUT2D eigenvalue weighted by Gasteiger charge is 2.04. The number of rotatable bonds is 3. The van der Waals surface area contributed by atoms with Crippen molar-refractivity contribution in [3.63, 3.8) is 0 Å². The van der Waals surface area contributed by atoms with Crippen LogP contribution in [0.5, 0.6) is 5.75 Å². The van der Waals surface area contributed by atoms with Gasteiger partial charge in [0.2, 0.25) is 0 Å². The number of benzene rings is 1. The van der Waals surface area contributed by atoms with E-state index in [1.165, 1.54) is 11.1 Å². The van der Waals surface area contributed by atoms with E-state index in [0.29, 0.717) is 5.92 Å². The fraction of sp³-hybridized carbons (Fsp3) is 0.467. The lowest BCUT2D eigenvalue weighted by Gasteiger charge is -2.09. The highest BCUT2D eigenvalue weighted by Crippen LogP contribution is 2.19. The average molecular weight is 216 g/mol. The minimum atomic E-state index is 0.423. The van der Waals surface area contributed by atoms with E-state index in [1.54, 1.807) is 7.11 Å². The van der Waals surface area contributed by atoms with E-state index < -0.39 is 0 Å². The second-order valence-electron chi connectivity index (χ2n) is 4.07. The summed E-state index contributed by atoms with van der Waals surface area (Å²) < 4.78 is 5.19. The molecule has 1 aromatic rings. The van der Waals surface area contributed by atoms with Crippen LogP contribution in [0.1, 0.15) is 31.4 Å². The molecule has 86 valence electrons. The number of aryl methyl sites for hydroxylation is 1. The molecule has 16 heavy (non-hydrogen) atoms. The van der Waals surface area contributed by atoms with Crippen LogP contribution in [0.25, 0.3) is 0 Å². The molecule has 0 amide bonds. The first-order chi connectivity index (χ1) is 7.67. The summed E-state index contributed by atoms with van der Waals surface area (Å²) in [6.07, 6.45) is 1.95. The van der Waals surface area contributed by atoms with Gasteiger partial charge >= 0.3 is 0 Å². The Morgan fingerprint density at radius 2 is 2.12 bits per heavy atom. The summed E-state index contributed by atoms with van der Waals surface area (Å²) in [4.78, 5) is 0. The summed E-state index contributed by atoms with van der Waals surface area (Å²) in [7, 11) is 1.70. The van der Waals surface area contributed by atoms with Crippen LogP contribution >= 0.6 is 0 Å². The Morgan fingerprint density at radius 1 is 1.38 bits per heavy atom. The van der Waals surface area contributed by atoms with E-state index in [9.17, 15) is 0 Å². The SMILES string of the molecule is CCC#CC(C)Cc1ccc(OC)cc1C. The first kappa shape index (κ1) is 12.6. The van der Waals surface area contributed by atoms with Crippen LogP contribution in [0, 0.1) is 24.7 Å². The van der Waals surface area contributed by atoms with Crippen molar-refractivity contribution in [1.82, 2.24) is 0 Å². The van der Waals surface area contributed by atoms with Crippen LogP contribution in [-0.4, -0.2) is 7.11 Å². The molecular formula is C15H20O. The van der Waals surface area contributed by atoms with E-state index in [1.807, 2.05) is 6.07 Å². The third-order valence-electron chi connectivity index (χ3n) is 2.60. The Morgan fingerprint density at radius 3 is 2.69 bits per heavy atom. The number of methoxy groups -OCH3 is 1. The van der Waals surface area contributed by atoms with E-state index in [4.69, 9.17) is 4.74 Å². The molecule has 1 rings (SSSR count). The Balaban J connectivity index is 2.74. The summed E-state index contributed by atoms with van der Waals surface area (Å²) in [6, 6.07) is 6.23. The van der Waals surface area contributed by atoms with Crippen molar-refractivity contribution in [2.45, 2.75) is 33.6 Å². The lowest BCUT2D eigenvalue weighted by molar-refractivity contribution is 0.414. The standard InChI is InChI=1S/C15H20O/c1-5-6-7-12(2)10-14-8-9-15(16-4)11-13(14)3/h8-9,11-12H,5,10H2,1-4H3. The molecule has 0 heterocycles. The quantitative estimate of drug-likeness (QED) is 0.701. The van der Waals surface area contributed by atoms with Gasteiger partial charge in [-0.1, -0.05) is 25.8 Å². The molecule has 0 aliphatic rings. The maximum atomic E-state index is 5.19. The molecule has 0 radical (unpaired) electrons. The molecule has 0 saturated heterocycles. The van der Waals surface area contributed by atoms with Gasteiger partial charge < -0.3 is 4.74 Å². The van der Waals surface area contributed by atoms with Gasteiger partial charge in [0.1, 0.15) is 5.75 Å². The number of hydrogen-bond donors (Lipinski definition) is 0. The fourth-order valence-electron chi connectivity index (χ4n) is 1.68. The predicted molar refractivity (Wildman–Crippen MR) is 68.7 cm³/mol. The van der Waals surface area contributed by atoms with Crippen molar-refractivity contribution < 1.29 is 4.74 Å². The van der Waals surface area contributed by atoms with Crippen molar-refractivity contribution >= 4 is 0 Å². The molecule has 0 fully saturated rings. The van der Waals surface area contributed by atoms with Gasteiger partial charge in [-0.05, 0) is 36.6 Å². The molecule has 0 aliphatic carbocycles. The van der Waals surface area contributed by atoms with E-state index in [0.717, 1.165) is 18.6 Å². The Kier molecular flexibility index (Phi) is 4.92. The topological polar surface area (TPSA) is 9.23 Å². The number of ether oxygens (including phenoxy) is 1. The summed E-state index contributed by atoms with van der Waals surface area (Å²) in [6.45, 7) is 6.38. The van der Waals surface area contributed by atoms with Crippen LogP contribution in [0.15, 0.2) is 18.2 Å². The first-order valence-corrected chi connectivity index (χ1v) is 5.79. The lowest BCUT2D eigenvalue weighted by Crippen LogP contribution is -1.99. The lowest BCUT2D eigenvalue weighted by atomic mass is 9.97. The van der Waals surface area contributed by atoms with Crippen molar-refractivity contribution in [1.29, 1.82) is 0 Å². The largest absolute Gasteiger partial charge is 0.497 e.